The maximum atomic E-state index is 14.4. The average molecular weight is 308 g/mol. The Hall–Kier alpha value is -1.17. The van der Waals surface area contributed by atoms with Crippen LogP contribution in [0.1, 0.15) is 18.9 Å². The van der Waals surface area contributed by atoms with E-state index in [1.54, 1.807) is 6.07 Å². The van der Waals surface area contributed by atoms with Crippen LogP contribution >= 0.6 is 0 Å². The van der Waals surface area contributed by atoms with Gasteiger partial charge in [-0.15, -0.1) is 0 Å². The minimum Gasteiger partial charge on any atom is -0.393 e. The van der Waals surface area contributed by atoms with Crippen LogP contribution in [0.5, 0.6) is 0 Å². The van der Waals surface area contributed by atoms with Crippen LogP contribution < -0.4 is 4.90 Å². The third kappa shape index (κ3) is 3.59. The molecular formula is C17H25FN2O2. The summed E-state index contributed by atoms with van der Waals surface area (Å²) in [7, 11) is 0. The van der Waals surface area contributed by atoms with Crippen LogP contribution in [0.3, 0.4) is 0 Å². The number of benzene rings is 1. The molecule has 122 valence electrons. The van der Waals surface area contributed by atoms with Gasteiger partial charge in [0, 0.05) is 26.2 Å². The molecule has 0 amide bonds. The highest BCUT2D eigenvalue weighted by Crippen LogP contribution is 2.25. The summed E-state index contributed by atoms with van der Waals surface area (Å²) in [6.07, 6.45) is 0.761. The minimum absolute atomic E-state index is 0.148. The van der Waals surface area contributed by atoms with Crippen molar-refractivity contribution in [1.82, 2.24) is 4.90 Å². The largest absolute Gasteiger partial charge is 0.393 e. The van der Waals surface area contributed by atoms with E-state index < -0.39 is 0 Å². The van der Waals surface area contributed by atoms with Gasteiger partial charge in [-0.05, 0) is 43.5 Å². The second-order valence-electron chi connectivity index (χ2n) is 6.41. The smallest absolute Gasteiger partial charge is 0.146 e. The lowest BCUT2D eigenvalue weighted by Gasteiger charge is -2.29. The number of hydrogen-bond donors (Lipinski definition) is 1. The first-order valence-corrected chi connectivity index (χ1v) is 8.15. The van der Waals surface area contributed by atoms with Gasteiger partial charge in [0.25, 0.3) is 0 Å². The number of halogens is 1. The second-order valence-corrected chi connectivity index (χ2v) is 6.41. The molecule has 0 aliphatic carbocycles. The molecule has 2 fully saturated rings. The van der Waals surface area contributed by atoms with Crippen molar-refractivity contribution in [2.45, 2.75) is 26.0 Å². The molecule has 0 bridgehead atoms. The number of anilines is 1. The third-order valence-corrected chi connectivity index (χ3v) is 4.76. The van der Waals surface area contributed by atoms with Crippen molar-refractivity contribution < 1.29 is 14.2 Å². The number of rotatable bonds is 4. The molecule has 1 aromatic carbocycles. The molecular weight excluding hydrogens is 283 g/mol. The van der Waals surface area contributed by atoms with Crippen molar-refractivity contribution in [1.29, 1.82) is 0 Å². The molecule has 2 aliphatic rings. The van der Waals surface area contributed by atoms with E-state index in [1.165, 1.54) is 0 Å². The van der Waals surface area contributed by atoms with Crippen LogP contribution in [-0.2, 0) is 11.3 Å². The summed E-state index contributed by atoms with van der Waals surface area (Å²) in [5.41, 5.74) is 1.68. The zero-order chi connectivity index (χ0) is 15.5. The highest BCUT2D eigenvalue weighted by molar-refractivity contribution is 5.49. The zero-order valence-electron chi connectivity index (χ0n) is 13.2. The lowest BCUT2D eigenvalue weighted by molar-refractivity contribution is 0.122. The fourth-order valence-electron chi connectivity index (χ4n) is 3.37. The number of morpholine rings is 1. The first-order valence-electron chi connectivity index (χ1n) is 8.15. The van der Waals surface area contributed by atoms with E-state index >= 15 is 0 Å². The Morgan fingerprint density at radius 1 is 1.32 bits per heavy atom. The quantitative estimate of drug-likeness (QED) is 0.921. The molecule has 2 heterocycles. The lowest BCUT2D eigenvalue weighted by atomic mass is 10.0. The zero-order valence-corrected chi connectivity index (χ0v) is 13.2. The van der Waals surface area contributed by atoms with E-state index in [2.05, 4.69) is 4.90 Å². The van der Waals surface area contributed by atoms with Crippen LogP contribution in [0.25, 0.3) is 0 Å². The van der Waals surface area contributed by atoms with Crippen molar-refractivity contribution in [3.63, 3.8) is 0 Å². The summed E-state index contributed by atoms with van der Waals surface area (Å²) < 4.78 is 19.7. The molecule has 0 spiro atoms. The molecule has 5 heteroatoms. The Morgan fingerprint density at radius 2 is 2.09 bits per heavy atom. The number of aliphatic hydroxyl groups is 1. The van der Waals surface area contributed by atoms with E-state index in [0.29, 0.717) is 24.8 Å². The number of aliphatic hydroxyl groups excluding tert-OH is 1. The summed E-state index contributed by atoms with van der Waals surface area (Å²) >= 11 is 0. The molecule has 0 radical (unpaired) electrons. The molecule has 0 aromatic heterocycles. The van der Waals surface area contributed by atoms with Gasteiger partial charge in [-0.25, -0.2) is 4.39 Å². The molecule has 22 heavy (non-hydrogen) atoms. The Bertz CT molecular complexity index is 503. The monoisotopic (exact) mass is 308 g/mol. The number of nitrogens with zero attached hydrogens (tertiary/aromatic N) is 2. The highest BCUT2D eigenvalue weighted by atomic mass is 19.1. The predicted molar refractivity (Wildman–Crippen MR) is 84.5 cm³/mol. The summed E-state index contributed by atoms with van der Waals surface area (Å²) in [4.78, 5) is 4.34. The van der Waals surface area contributed by atoms with Gasteiger partial charge in [0.05, 0.1) is 25.0 Å². The molecule has 1 aromatic rings. The van der Waals surface area contributed by atoms with Gasteiger partial charge in [0.15, 0.2) is 0 Å². The van der Waals surface area contributed by atoms with Crippen molar-refractivity contribution in [2.75, 3.05) is 44.3 Å². The summed E-state index contributed by atoms with van der Waals surface area (Å²) in [6.45, 7) is 7.30. The van der Waals surface area contributed by atoms with Gasteiger partial charge in [-0.3, -0.25) is 4.90 Å². The average Bonchev–Trinajstić information content (AvgIpc) is 2.97. The van der Waals surface area contributed by atoms with Crippen molar-refractivity contribution >= 4 is 5.69 Å². The second kappa shape index (κ2) is 6.94. The van der Waals surface area contributed by atoms with Crippen molar-refractivity contribution in [2.24, 2.45) is 5.92 Å². The third-order valence-electron chi connectivity index (χ3n) is 4.76. The highest BCUT2D eigenvalue weighted by Gasteiger charge is 2.26. The van der Waals surface area contributed by atoms with Crippen LogP contribution in [-0.4, -0.2) is 55.5 Å². The molecule has 4 nitrogen and oxygen atoms in total. The summed E-state index contributed by atoms with van der Waals surface area (Å²) in [6, 6.07) is 5.56. The lowest BCUT2D eigenvalue weighted by Crippen LogP contribution is -2.36. The fraction of sp³-hybridized carbons (Fsp3) is 0.647. The fourth-order valence-corrected chi connectivity index (χ4v) is 3.37. The topological polar surface area (TPSA) is 35.9 Å². The molecule has 2 aliphatic heterocycles. The number of hydrogen-bond acceptors (Lipinski definition) is 4. The van der Waals surface area contributed by atoms with Gasteiger partial charge >= 0.3 is 0 Å². The van der Waals surface area contributed by atoms with Gasteiger partial charge in [-0.1, -0.05) is 6.07 Å². The first kappa shape index (κ1) is 15.7. The van der Waals surface area contributed by atoms with Crippen molar-refractivity contribution in [3.05, 3.63) is 29.6 Å². The predicted octanol–water partition coefficient (Wildman–Crippen LogP) is 1.86. The Kier molecular flexibility index (Phi) is 4.96. The van der Waals surface area contributed by atoms with Crippen LogP contribution in [0.15, 0.2) is 18.2 Å². The normalized spacial score (nSPS) is 24.7. The van der Waals surface area contributed by atoms with Gasteiger partial charge in [-0.2, -0.15) is 0 Å². The standard InChI is InChI=1S/C17H25FN2O2/c1-13(21)15-4-5-19(12-15)11-14-2-3-17(16(18)10-14)20-6-8-22-9-7-20/h2-3,10,13,15,21H,4-9,11-12H2,1H3. The van der Waals surface area contributed by atoms with E-state index in [9.17, 15) is 9.50 Å². The minimum atomic E-state index is -0.259. The van der Waals surface area contributed by atoms with Gasteiger partial charge in [0.2, 0.25) is 0 Å². The van der Waals surface area contributed by atoms with Crippen LogP contribution in [0.4, 0.5) is 10.1 Å². The van der Waals surface area contributed by atoms with Crippen molar-refractivity contribution in [3.8, 4) is 0 Å². The molecule has 2 saturated heterocycles. The Morgan fingerprint density at radius 3 is 2.73 bits per heavy atom. The van der Waals surface area contributed by atoms with E-state index in [4.69, 9.17) is 4.74 Å². The Labute approximate surface area is 131 Å². The molecule has 2 unspecified atom stereocenters. The SMILES string of the molecule is CC(O)C1CCN(Cc2ccc(N3CCOCC3)c(F)c2)C1. The van der Waals surface area contributed by atoms with Gasteiger partial charge in [0.1, 0.15) is 5.82 Å². The summed E-state index contributed by atoms with van der Waals surface area (Å²) in [5, 5.41) is 9.66. The van der Waals surface area contributed by atoms with E-state index in [1.807, 2.05) is 24.0 Å². The van der Waals surface area contributed by atoms with E-state index in [-0.39, 0.29) is 11.9 Å². The van der Waals surface area contributed by atoms with Gasteiger partial charge < -0.3 is 14.7 Å². The Balaban J connectivity index is 1.62. The van der Waals surface area contributed by atoms with Crippen LogP contribution in [0.2, 0.25) is 0 Å². The number of ether oxygens (including phenoxy) is 1. The molecule has 2 atom stereocenters. The van der Waals surface area contributed by atoms with E-state index in [0.717, 1.165) is 44.7 Å². The molecule has 3 rings (SSSR count). The molecule has 0 saturated carbocycles. The van der Waals surface area contributed by atoms with Crippen LogP contribution in [0, 0.1) is 11.7 Å². The molecule has 1 N–H and O–H groups in total. The first-order chi connectivity index (χ1) is 10.6. The maximum Gasteiger partial charge on any atom is 0.146 e. The number of likely N-dealkylation sites (tertiary alicyclic amines) is 1. The maximum absolute atomic E-state index is 14.4. The summed E-state index contributed by atoms with van der Waals surface area (Å²) in [5.74, 6) is 0.197.